The summed E-state index contributed by atoms with van der Waals surface area (Å²) < 4.78 is 1.28. The first-order chi connectivity index (χ1) is 10.1. The summed E-state index contributed by atoms with van der Waals surface area (Å²) in [6.07, 6.45) is 4.03. The zero-order chi connectivity index (χ0) is 15.2. The van der Waals surface area contributed by atoms with Gasteiger partial charge in [-0.25, -0.2) is 4.68 Å². The van der Waals surface area contributed by atoms with Crippen LogP contribution in [-0.2, 0) is 13.0 Å². The molecule has 0 aliphatic heterocycles. The summed E-state index contributed by atoms with van der Waals surface area (Å²) in [4.78, 5) is 12.0. The standard InChI is InChI=1S/C16H18ClN3O/c1-3-9-20-16(21)15(17)14(11-18-20)19-12(2)10-13-7-5-4-6-8-13/h3-8,11-12,19H,1,9-10H2,2H3. The summed E-state index contributed by atoms with van der Waals surface area (Å²) in [6.45, 7) is 5.97. The SMILES string of the molecule is C=CCn1ncc(NC(C)Cc2ccccc2)c(Cl)c1=O. The number of aromatic nitrogens is 2. The number of hydrogen-bond acceptors (Lipinski definition) is 3. The third kappa shape index (κ3) is 3.95. The highest BCUT2D eigenvalue weighted by Crippen LogP contribution is 2.17. The molecule has 1 atom stereocenters. The van der Waals surface area contributed by atoms with Crippen LogP contribution >= 0.6 is 11.6 Å². The van der Waals surface area contributed by atoms with Gasteiger partial charge in [0, 0.05) is 6.04 Å². The molecular weight excluding hydrogens is 286 g/mol. The fourth-order valence-electron chi connectivity index (χ4n) is 2.10. The molecule has 1 aromatic carbocycles. The van der Waals surface area contributed by atoms with Crippen molar-refractivity contribution in [2.24, 2.45) is 0 Å². The molecule has 0 saturated carbocycles. The predicted molar refractivity (Wildman–Crippen MR) is 86.9 cm³/mol. The first kappa shape index (κ1) is 15.3. The van der Waals surface area contributed by atoms with Gasteiger partial charge < -0.3 is 5.32 Å². The third-order valence-electron chi connectivity index (χ3n) is 3.07. The lowest BCUT2D eigenvalue weighted by Gasteiger charge is -2.16. The van der Waals surface area contributed by atoms with Crippen LogP contribution in [0.15, 0.2) is 54.0 Å². The highest BCUT2D eigenvalue weighted by Gasteiger charge is 2.11. The van der Waals surface area contributed by atoms with Crippen LogP contribution in [0.1, 0.15) is 12.5 Å². The van der Waals surface area contributed by atoms with Crippen molar-refractivity contribution in [2.45, 2.75) is 25.9 Å². The molecule has 2 rings (SSSR count). The maximum Gasteiger partial charge on any atom is 0.287 e. The van der Waals surface area contributed by atoms with Gasteiger partial charge in [0.25, 0.3) is 5.56 Å². The number of halogens is 1. The summed E-state index contributed by atoms with van der Waals surface area (Å²) >= 11 is 6.11. The molecule has 1 unspecified atom stereocenters. The second kappa shape index (κ2) is 7.09. The summed E-state index contributed by atoms with van der Waals surface area (Å²) in [6, 6.07) is 10.3. The van der Waals surface area contributed by atoms with E-state index < -0.39 is 0 Å². The first-order valence-electron chi connectivity index (χ1n) is 6.78. The van der Waals surface area contributed by atoms with Gasteiger partial charge in [-0.3, -0.25) is 4.79 Å². The second-order valence-electron chi connectivity index (χ2n) is 4.88. The Bertz CT molecular complexity index is 667. The molecule has 0 fully saturated rings. The van der Waals surface area contributed by atoms with Gasteiger partial charge >= 0.3 is 0 Å². The molecule has 0 amide bonds. The van der Waals surface area contributed by atoms with Crippen molar-refractivity contribution < 1.29 is 0 Å². The number of nitrogens with one attached hydrogen (secondary N) is 1. The Morgan fingerprint density at radius 3 is 2.81 bits per heavy atom. The fraction of sp³-hybridized carbons (Fsp3) is 0.250. The minimum atomic E-state index is -0.312. The number of anilines is 1. The Balaban J connectivity index is 2.11. The van der Waals surface area contributed by atoms with Crippen LogP contribution in [0.25, 0.3) is 0 Å². The van der Waals surface area contributed by atoms with Gasteiger partial charge in [-0.05, 0) is 18.9 Å². The molecule has 5 heteroatoms. The Labute approximate surface area is 129 Å². The zero-order valence-corrected chi connectivity index (χ0v) is 12.7. The molecule has 1 aromatic heterocycles. The monoisotopic (exact) mass is 303 g/mol. The van der Waals surface area contributed by atoms with E-state index in [2.05, 4.69) is 29.1 Å². The Morgan fingerprint density at radius 2 is 2.14 bits per heavy atom. The largest absolute Gasteiger partial charge is 0.380 e. The molecule has 0 aliphatic carbocycles. The topological polar surface area (TPSA) is 46.9 Å². The smallest absolute Gasteiger partial charge is 0.287 e. The van der Waals surface area contributed by atoms with E-state index in [1.807, 2.05) is 25.1 Å². The molecule has 0 radical (unpaired) electrons. The number of nitrogens with zero attached hydrogens (tertiary/aromatic N) is 2. The molecule has 4 nitrogen and oxygen atoms in total. The summed E-state index contributed by atoms with van der Waals surface area (Å²) in [5.41, 5.74) is 1.47. The van der Waals surface area contributed by atoms with Crippen molar-refractivity contribution in [3.8, 4) is 0 Å². The second-order valence-corrected chi connectivity index (χ2v) is 5.26. The van der Waals surface area contributed by atoms with Crippen molar-refractivity contribution in [3.63, 3.8) is 0 Å². The fourth-order valence-corrected chi connectivity index (χ4v) is 2.30. The van der Waals surface area contributed by atoms with Crippen LogP contribution in [-0.4, -0.2) is 15.8 Å². The summed E-state index contributed by atoms with van der Waals surface area (Å²) in [7, 11) is 0. The van der Waals surface area contributed by atoms with E-state index in [0.717, 1.165) is 6.42 Å². The van der Waals surface area contributed by atoms with E-state index in [4.69, 9.17) is 11.6 Å². The quantitative estimate of drug-likeness (QED) is 0.834. The third-order valence-corrected chi connectivity index (χ3v) is 3.44. The van der Waals surface area contributed by atoms with Crippen molar-refractivity contribution >= 4 is 17.3 Å². The molecule has 0 bridgehead atoms. The molecule has 0 spiro atoms. The number of allylic oxidation sites excluding steroid dienone is 1. The van der Waals surface area contributed by atoms with Crippen molar-refractivity contribution in [1.29, 1.82) is 0 Å². The number of rotatable bonds is 6. The van der Waals surface area contributed by atoms with Crippen LogP contribution in [0.5, 0.6) is 0 Å². The summed E-state index contributed by atoms with van der Waals surface area (Å²) in [5, 5.41) is 7.47. The molecule has 0 aliphatic rings. The van der Waals surface area contributed by atoms with E-state index in [9.17, 15) is 4.79 Å². The Hall–Kier alpha value is -2.07. The highest BCUT2D eigenvalue weighted by atomic mass is 35.5. The average molecular weight is 304 g/mol. The minimum Gasteiger partial charge on any atom is -0.380 e. The zero-order valence-electron chi connectivity index (χ0n) is 11.9. The van der Waals surface area contributed by atoms with E-state index in [0.29, 0.717) is 12.2 Å². The van der Waals surface area contributed by atoms with Gasteiger partial charge in [0.05, 0.1) is 18.4 Å². The van der Waals surface area contributed by atoms with Crippen molar-refractivity contribution in [3.05, 3.63) is 70.1 Å². The van der Waals surface area contributed by atoms with Crippen molar-refractivity contribution in [2.75, 3.05) is 5.32 Å². The van der Waals surface area contributed by atoms with Gasteiger partial charge in [-0.1, -0.05) is 48.0 Å². The van der Waals surface area contributed by atoms with Crippen LogP contribution < -0.4 is 10.9 Å². The van der Waals surface area contributed by atoms with Gasteiger partial charge in [-0.15, -0.1) is 6.58 Å². The molecule has 110 valence electrons. The predicted octanol–water partition coefficient (Wildman–Crippen LogP) is 3.13. The lowest BCUT2D eigenvalue weighted by molar-refractivity contribution is 0.651. The van der Waals surface area contributed by atoms with Gasteiger partial charge in [0.1, 0.15) is 5.02 Å². The normalized spacial score (nSPS) is 11.9. The molecule has 2 aromatic rings. The number of benzene rings is 1. The van der Waals surface area contributed by atoms with Crippen LogP contribution in [0.3, 0.4) is 0 Å². The lowest BCUT2D eigenvalue weighted by atomic mass is 10.1. The Kier molecular flexibility index (Phi) is 5.17. The van der Waals surface area contributed by atoms with Gasteiger partial charge in [0.15, 0.2) is 0 Å². The highest BCUT2D eigenvalue weighted by molar-refractivity contribution is 6.32. The van der Waals surface area contributed by atoms with Crippen LogP contribution in [0.4, 0.5) is 5.69 Å². The van der Waals surface area contributed by atoms with Gasteiger partial charge in [-0.2, -0.15) is 5.10 Å². The summed E-state index contributed by atoms with van der Waals surface area (Å²) in [5.74, 6) is 0. The minimum absolute atomic E-state index is 0.140. The Morgan fingerprint density at radius 1 is 1.43 bits per heavy atom. The van der Waals surface area contributed by atoms with E-state index in [-0.39, 0.29) is 16.6 Å². The maximum atomic E-state index is 12.0. The molecule has 0 saturated heterocycles. The van der Waals surface area contributed by atoms with Crippen LogP contribution in [0, 0.1) is 0 Å². The van der Waals surface area contributed by atoms with Crippen molar-refractivity contribution in [1.82, 2.24) is 9.78 Å². The maximum absolute atomic E-state index is 12.0. The average Bonchev–Trinajstić information content (AvgIpc) is 2.48. The molecular formula is C16H18ClN3O. The first-order valence-corrected chi connectivity index (χ1v) is 7.16. The molecule has 1 N–H and O–H groups in total. The van der Waals surface area contributed by atoms with E-state index in [1.165, 1.54) is 10.2 Å². The van der Waals surface area contributed by atoms with Crippen LogP contribution in [0.2, 0.25) is 5.02 Å². The lowest BCUT2D eigenvalue weighted by Crippen LogP contribution is -2.26. The van der Waals surface area contributed by atoms with E-state index >= 15 is 0 Å². The van der Waals surface area contributed by atoms with E-state index in [1.54, 1.807) is 12.3 Å². The van der Waals surface area contributed by atoms with Gasteiger partial charge in [0.2, 0.25) is 0 Å². The molecule has 1 heterocycles. The number of hydrogen-bond donors (Lipinski definition) is 1. The molecule has 21 heavy (non-hydrogen) atoms.